The maximum atomic E-state index is 12.7. The number of hydrogen-bond donors (Lipinski definition) is 1. The van der Waals surface area contributed by atoms with Gasteiger partial charge in [0.15, 0.2) is 0 Å². The molecule has 0 radical (unpaired) electrons. The molecule has 2 aromatic heterocycles. The van der Waals surface area contributed by atoms with Crippen LogP contribution in [0, 0.1) is 5.92 Å². The van der Waals surface area contributed by atoms with Gasteiger partial charge in [0, 0.05) is 56.8 Å². The van der Waals surface area contributed by atoms with E-state index in [9.17, 15) is 9.59 Å². The van der Waals surface area contributed by atoms with E-state index in [0.717, 1.165) is 12.2 Å². The van der Waals surface area contributed by atoms with Gasteiger partial charge in [0.1, 0.15) is 0 Å². The molecule has 0 aliphatic carbocycles. The molecule has 1 aliphatic heterocycles. The van der Waals surface area contributed by atoms with Crippen molar-refractivity contribution in [1.82, 2.24) is 24.8 Å². The summed E-state index contributed by atoms with van der Waals surface area (Å²) in [7, 11) is 1.63. The SMILES string of the molecule is CNC(=O)CC1CN(C(=O)c2ncccn2)Cc2cccn2C1. The largest absolute Gasteiger partial charge is 0.359 e. The minimum absolute atomic E-state index is 0.0195. The number of carbonyl (C=O) groups excluding carboxylic acids is 2. The van der Waals surface area contributed by atoms with Crippen LogP contribution in [0.3, 0.4) is 0 Å². The maximum Gasteiger partial charge on any atom is 0.292 e. The van der Waals surface area contributed by atoms with Crippen LogP contribution in [0.5, 0.6) is 0 Å². The monoisotopic (exact) mass is 313 g/mol. The zero-order valence-electron chi connectivity index (χ0n) is 13.0. The van der Waals surface area contributed by atoms with Crippen molar-refractivity contribution in [2.45, 2.75) is 19.5 Å². The molecule has 3 heterocycles. The molecule has 2 amide bonds. The van der Waals surface area contributed by atoms with E-state index in [2.05, 4.69) is 19.9 Å². The number of amides is 2. The Kier molecular flexibility index (Phi) is 4.36. The molecule has 3 rings (SSSR count). The third-order valence-electron chi connectivity index (χ3n) is 4.01. The van der Waals surface area contributed by atoms with E-state index in [4.69, 9.17) is 0 Å². The number of aromatic nitrogens is 3. The average Bonchev–Trinajstić information content (AvgIpc) is 2.93. The minimum atomic E-state index is -0.206. The molecule has 0 fully saturated rings. The number of hydrogen-bond acceptors (Lipinski definition) is 4. The Hall–Kier alpha value is -2.70. The van der Waals surface area contributed by atoms with Crippen LogP contribution in [0.1, 0.15) is 22.7 Å². The second-order valence-corrected chi connectivity index (χ2v) is 5.65. The van der Waals surface area contributed by atoms with Gasteiger partial charge in [0.2, 0.25) is 11.7 Å². The molecule has 0 saturated heterocycles. The van der Waals surface area contributed by atoms with Crippen molar-refractivity contribution in [3.63, 3.8) is 0 Å². The Balaban J connectivity index is 1.84. The number of rotatable bonds is 3. The highest BCUT2D eigenvalue weighted by Gasteiger charge is 2.27. The first-order valence-electron chi connectivity index (χ1n) is 7.58. The molecule has 7 heteroatoms. The standard InChI is InChI=1S/C16H19N5O2/c1-17-14(22)8-12-9-20-7-2-4-13(20)11-21(10-12)16(23)15-18-5-3-6-19-15/h2-7,12H,8-11H2,1H3,(H,17,22). The van der Waals surface area contributed by atoms with E-state index in [1.165, 1.54) is 0 Å². The van der Waals surface area contributed by atoms with E-state index >= 15 is 0 Å². The predicted octanol–water partition coefficient (Wildman–Crippen LogP) is 0.686. The van der Waals surface area contributed by atoms with Gasteiger partial charge in [-0.05, 0) is 18.2 Å². The van der Waals surface area contributed by atoms with Gasteiger partial charge in [-0.2, -0.15) is 0 Å². The molecule has 1 aliphatic rings. The number of nitrogens with one attached hydrogen (secondary N) is 1. The molecule has 23 heavy (non-hydrogen) atoms. The van der Waals surface area contributed by atoms with E-state index in [1.807, 2.05) is 18.3 Å². The highest BCUT2D eigenvalue weighted by molar-refractivity contribution is 5.90. The Labute approximate surface area is 134 Å². The lowest BCUT2D eigenvalue weighted by molar-refractivity contribution is -0.121. The lowest BCUT2D eigenvalue weighted by Crippen LogP contribution is -2.36. The van der Waals surface area contributed by atoms with Gasteiger partial charge in [-0.3, -0.25) is 9.59 Å². The fourth-order valence-electron chi connectivity index (χ4n) is 2.88. The Morgan fingerprint density at radius 1 is 1.26 bits per heavy atom. The number of carbonyl (C=O) groups is 2. The summed E-state index contributed by atoms with van der Waals surface area (Å²) >= 11 is 0. The second-order valence-electron chi connectivity index (χ2n) is 5.65. The third-order valence-corrected chi connectivity index (χ3v) is 4.01. The maximum absolute atomic E-state index is 12.7. The summed E-state index contributed by atoms with van der Waals surface area (Å²) < 4.78 is 2.10. The molecule has 0 bridgehead atoms. The molecular weight excluding hydrogens is 294 g/mol. The average molecular weight is 313 g/mol. The van der Waals surface area contributed by atoms with Crippen molar-refractivity contribution in [3.05, 3.63) is 48.3 Å². The summed E-state index contributed by atoms with van der Waals surface area (Å²) in [6, 6.07) is 5.63. The van der Waals surface area contributed by atoms with Crippen LogP contribution in [0.2, 0.25) is 0 Å². The molecule has 0 spiro atoms. The normalized spacial score (nSPS) is 17.3. The van der Waals surface area contributed by atoms with Crippen LogP contribution < -0.4 is 5.32 Å². The number of nitrogens with zero attached hydrogens (tertiary/aromatic N) is 4. The summed E-state index contributed by atoms with van der Waals surface area (Å²) in [6.45, 7) is 1.72. The zero-order chi connectivity index (χ0) is 16.2. The summed E-state index contributed by atoms with van der Waals surface area (Å²) in [5.41, 5.74) is 1.05. The van der Waals surface area contributed by atoms with Gasteiger partial charge in [0.25, 0.3) is 5.91 Å². The second kappa shape index (κ2) is 6.60. The summed E-state index contributed by atoms with van der Waals surface area (Å²) in [5.74, 6) is 0.0126. The van der Waals surface area contributed by atoms with E-state index in [-0.39, 0.29) is 23.6 Å². The quantitative estimate of drug-likeness (QED) is 0.904. The topological polar surface area (TPSA) is 80.1 Å². The van der Waals surface area contributed by atoms with E-state index in [1.54, 1.807) is 30.4 Å². The number of fused-ring (bicyclic) bond motifs is 1. The smallest absolute Gasteiger partial charge is 0.292 e. The highest BCUT2D eigenvalue weighted by Crippen LogP contribution is 2.20. The summed E-state index contributed by atoms with van der Waals surface area (Å²) in [4.78, 5) is 34.2. The lowest BCUT2D eigenvalue weighted by atomic mass is 10.0. The van der Waals surface area contributed by atoms with Crippen molar-refractivity contribution in [3.8, 4) is 0 Å². The van der Waals surface area contributed by atoms with E-state index < -0.39 is 0 Å². The molecule has 120 valence electrons. The van der Waals surface area contributed by atoms with Crippen molar-refractivity contribution in [1.29, 1.82) is 0 Å². The molecule has 2 aromatic rings. The Morgan fingerprint density at radius 3 is 2.78 bits per heavy atom. The summed E-state index contributed by atoms with van der Waals surface area (Å²) in [6.07, 6.45) is 5.48. The van der Waals surface area contributed by atoms with Crippen molar-refractivity contribution < 1.29 is 9.59 Å². The zero-order valence-corrected chi connectivity index (χ0v) is 13.0. The van der Waals surface area contributed by atoms with Crippen LogP contribution >= 0.6 is 0 Å². The van der Waals surface area contributed by atoms with Crippen LogP contribution in [-0.2, 0) is 17.9 Å². The third kappa shape index (κ3) is 3.39. The first-order chi connectivity index (χ1) is 11.2. The molecule has 0 saturated carbocycles. The molecule has 1 N–H and O–H groups in total. The van der Waals surface area contributed by atoms with Crippen LogP contribution in [-0.4, -0.2) is 44.8 Å². The first kappa shape index (κ1) is 15.2. The Morgan fingerprint density at radius 2 is 2.04 bits per heavy atom. The van der Waals surface area contributed by atoms with Gasteiger partial charge >= 0.3 is 0 Å². The van der Waals surface area contributed by atoms with Crippen molar-refractivity contribution >= 4 is 11.8 Å². The van der Waals surface area contributed by atoms with Gasteiger partial charge in [-0.25, -0.2) is 9.97 Å². The molecule has 0 aromatic carbocycles. The van der Waals surface area contributed by atoms with Gasteiger partial charge in [-0.1, -0.05) is 0 Å². The molecular formula is C16H19N5O2. The van der Waals surface area contributed by atoms with Gasteiger partial charge < -0.3 is 14.8 Å². The van der Waals surface area contributed by atoms with Crippen LogP contribution in [0.4, 0.5) is 0 Å². The van der Waals surface area contributed by atoms with Crippen LogP contribution in [0.15, 0.2) is 36.8 Å². The van der Waals surface area contributed by atoms with Crippen molar-refractivity contribution in [2.24, 2.45) is 5.92 Å². The van der Waals surface area contributed by atoms with Crippen molar-refractivity contribution in [2.75, 3.05) is 13.6 Å². The molecule has 1 unspecified atom stereocenters. The molecule has 1 atom stereocenters. The fourth-order valence-corrected chi connectivity index (χ4v) is 2.88. The van der Waals surface area contributed by atoms with Crippen LogP contribution in [0.25, 0.3) is 0 Å². The van der Waals surface area contributed by atoms with E-state index in [0.29, 0.717) is 19.5 Å². The molecule has 7 nitrogen and oxygen atoms in total. The van der Waals surface area contributed by atoms with Gasteiger partial charge in [-0.15, -0.1) is 0 Å². The summed E-state index contributed by atoms with van der Waals surface area (Å²) in [5, 5.41) is 2.65. The van der Waals surface area contributed by atoms with Gasteiger partial charge in [0.05, 0.1) is 6.54 Å². The first-order valence-corrected chi connectivity index (χ1v) is 7.58. The fraction of sp³-hybridized carbons (Fsp3) is 0.375. The lowest BCUT2D eigenvalue weighted by Gasteiger charge is -2.23. The predicted molar refractivity (Wildman–Crippen MR) is 83.4 cm³/mol. The minimum Gasteiger partial charge on any atom is -0.359 e. The highest BCUT2D eigenvalue weighted by atomic mass is 16.2. The Bertz CT molecular complexity index is 698.